The van der Waals surface area contributed by atoms with E-state index < -0.39 is 53.1 Å². The highest BCUT2D eigenvalue weighted by atomic mass is 16.5. The van der Waals surface area contributed by atoms with Gasteiger partial charge in [-0.3, -0.25) is 29.0 Å². The molecule has 72 heavy (non-hydrogen) atoms. The van der Waals surface area contributed by atoms with Crippen molar-refractivity contribution in [3.8, 4) is 28.1 Å². The predicted octanol–water partition coefficient (Wildman–Crippen LogP) is 6.79. The van der Waals surface area contributed by atoms with Crippen LogP contribution in [0.2, 0.25) is 0 Å². The van der Waals surface area contributed by atoms with Crippen LogP contribution in [0.4, 0.5) is 5.82 Å². The second kappa shape index (κ2) is 23.1. The molecule has 4 heterocycles. The summed E-state index contributed by atoms with van der Waals surface area (Å²) >= 11 is 0. The summed E-state index contributed by atoms with van der Waals surface area (Å²) in [6.07, 6.45) is 6.68. The summed E-state index contributed by atoms with van der Waals surface area (Å²) < 4.78 is 14.0. The summed E-state index contributed by atoms with van der Waals surface area (Å²) in [4.78, 5) is 77.3. The Bertz CT molecular complexity index is 2820. The largest absolute Gasteiger partial charge is 0.508 e. The van der Waals surface area contributed by atoms with Gasteiger partial charge in [0.2, 0.25) is 11.8 Å². The Labute approximate surface area is 422 Å². The zero-order chi connectivity index (χ0) is 51.9. The molecule has 0 unspecified atom stereocenters. The van der Waals surface area contributed by atoms with Crippen molar-refractivity contribution in [1.29, 1.82) is 0 Å². The molecule has 382 valence electrons. The highest BCUT2D eigenvalue weighted by Crippen LogP contribution is 2.41. The number of carbonyl (C=O) groups is 5. The Morgan fingerprint density at radius 3 is 2.51 bits per heavy atom. The van der Waals surface area contributed by atoms with E-state index >= 15 is 0 Å². The SMILES string of the molecule is CCn1c(-c2ccccc2CCOC)c2c3cc(ccc31)-c1cc(O)cc(c1)C[C@H](NC(=O)[C@H](C(C)C)N(C)C(=O)c1ccc(NC(=O)/C=C/CN(C)C)nc1)C(=O)N1CCC[C@H](N1)C(=O)OCC(C)(C)C2. The van der Waals surface area contributed by atoms with E-state index in [-0.39, 0.29) is 42.6 Å². The van der Waals surface area contributed by atoms with Gasteiger partial charge in [-0.1, -0.05) is 70.2 Å². The minimum Gasteiger partial charge on any atom is -0.508 e. The van der Waals surface area contributed by atoms with E-state index in [1.807, 2.05) is 51.0 Å². The van der Waals surface area contributed by atoms with Crippen LogP contribution < -0.4 is 16.1 Å². The molecule has 16 heteroatoms. The Morgan fingerprint density at radius 1 is 1.03 bits per heavy atom. The van der Waals surface area contributed by atoms with E-state index in [0.29, 0.717) is 44.5 Å². The number of fused-ring (bicyclic) bond motifs is 6. The molecule has 3 atom stereocenters. The number of phenols is 1. The number of aromatic hydroxyl groups is 1. The van der Waals surface area contributed by atoms with E-state index in [9.17, 15) is 29.1 Å². The predicted molar refractivity (Wildman–Crippen MR) is 279 cm³/mol. The molecule has 7 rings (SSSR count). The van der Waals surface area contributed by atoms with Crippen LogP contribution in [0.15, 0.2) is 91.1 Å². The molecule has 3 aromatic carbocycles. The molecule has 2 aromatic heterocycles. The van der Waals surface area contributed by atoms with Gasteiger partial charge < -0.3 is 39.6 Å². The fourth-order valence-electron chi connectivity index (χ4n) is 9.84. The topological polar surface area (TPSA) is 188 Å². The standard InChI is InChI=1S/C56H70N8O8/c1-10-63-47-21-19-38-31-43(47)44(51(63)42-16-12-11-15-37(42)23-26-71-9)32-56(4,5)34-72-55(70)45-17-13-25-64(60-45)54(69)46(29-36-27-40(38)30-41(65)28-36)58-52(67)50(35(2)3)62(8)53(68)39-20-22-48(57-33-39)59-49(66)18-14-24-61(6)7/h11-12,14-16,18-22,27-28,30-31,33,35,45-46,50,60,65H,10,13,17,23-26,29,32,34H2,1-9H3,(H,58,67)(H,57,59,66)/b18-14+/t45-,46-,50-/m0/s1. The first kappa shape index (κ1) is 52.9. The number of phenolic OH excluding ortho intramolecular Hbond substituents is 1. The highest BCUT2D eigenvalue weighted by Gasteiger charge is 2.38. The number of hydrazine groups is 1. The first-order valence-corrected chi connectivity index (χ1v) is 24.8. The molecule has 0 radical (unpaired) electrons. The number of aryl methyl sites for hydroxylation is 1. The van der Waals surface area contributed by atoms with Crippen LogP contribution >= 0.6 is 0 Å². The number of methoxy groups -OCH3 is 1. The number of esters is 1. The van der Waals surface area contributed by atoms with Crippen molar-refractivity contribution in [3.63, 3.8) is 0 Å². The fourth-order valence-corrected chi connectivity index (χ4v) is 9.84. The number of cyclic esters (lactones) is 1. The van der Waals surface area contributed by atoms with E-state index in [1.165, 1.54) is 41.4 Å². The van der Waals surface area contributed by atoms with Gasteiger partial charge in [0.15, 0.2) is 0 Å². The maximum atomic E-state index is 14.8. The van der Waals surface area contributed by atoms with Gasteiger partial charge in [0.25, 0.3) is 11.8 Å². The molecule has 4 N–H and O–H groups in total. The van der Waals surface area contributed by atoms with Gasteiger partial charge in [-0.05, 0) is 117 Å². The van der Waals surface area contributed by atoms with Gasteiger partial charge in [0, 0.05) is 74.4 Å². The number of hydrogen-bond acceptors (Lipinski definition) is 11. The number of nitrogens with one attached hydrogen (secondary N) is 3. The Balaban J connectivity index is 1.25. The van der Waals surface area contributed by atoms with Gasteiger partial charge in [0.1, 0.15) is 29.7 Å². The molecule has 5 aromatic rings. The maximum Gasteiger partial charge on any atom is 0.324 e. The number of aromatic nitrogens is 2. The van der Waals surface area contributed by atoms with E-state index in [4.69, 9.17) is 9.47 Å². The normalized spacial score (nSPS) is 17.7. The lowest BCUT2D eigenvalue weighted by Gasteiger charge is -2.36. The third-order valence-corrected chi connectivity index (χ3v) is 13.3. The lowest BCUT2D eigenvalue weighted by atomic mass is 9.83. The number of carbonyl (C=O) groups excluding carboxylic acids is 5. The molecule has 4 amide bonds. The molecule has 2 aliphatic heterocycles. The summed E-state index contributed by atoms with van der Waals surface area (Å²) in [7, 11) is 7.01. The zero-order valence-electron chi connectivity index (χ0n) is 43.1. The maximum absolute atomic E-state index is 14.8. The third kappa shape index (κ3) is 12.4. The number of rotatable bonds is 14. The monoisotopic (exact) mass is 983 g/mol. The van der Waals surface area contributed by atoms with E-state index in [0.717, 1.165) is 50.8 Å². The molecule has 1 fully saturated rings. The van der Waals surface area contributed by atoms with Crippen molar-refractivity contribution in [3.05, 3.63) is 113 Å². The number of pyridine rings is 1. The van der Waals surface area contributed by atoms with Crippen molar-refractivity contribution in [2.75, 3.05) is 59.9 Å². The minimum atomic E-state index is -1.19. The van der Waals surface area contributed by atoms with Crippen LogP contribution in [0.5, 0.6) is 5.75 Å². The molecule has 1 saturated heterocycles. The second-order valence-corrected chi connectivity index (χ2v) is 20.3. The lowest BCUT2D eigenvalue weighted by Crippen LogP contribution is -2.62. The van der Waals surface area contributed by atoms with Crippen LogP contribution in [0.3, 0.4) is 0 Å². The van der Waals surface area contributed by atoms with Gasteiger partial charge in [-0.2, -0.15) is 0 Å². The average molecular weight is 983 g/mol. The van der Waals surface area contributed by atoms with Crippen molar-refractivity contribution >= 4 is 46.3 Å². The molecule has 16 nitrogen and oxygen atoms in total. The smallest absolute Gasteiger partial charge is 0.324 e. The fraction of sp³-hybridized carbons (Fsp3) is 0.429. The molecule has 2 aliphatic rings. The Kier molecular flexibility index (Phi) is 17.0. The van der Waals surface area contributed by atoms with Crippen molar-refractivity contribution in [2.45, 2.75) is 91.4 Å². The Morgan fingerprint density at radius 2 is 1.81 bits per heavy atom. The first-order valence-electron chi connectivity index (χ1n) is 24.8. The summed E-state index contributed by atoms with van der Waals surface area (Å²) in [6.45, 7) is 12.2. The van der Waals surface area contributed by atoms with Crippen LogP contribution in [-0.4, -0.2) is 132 Å². The number of likely N-dealkylation sites (N-methyl/N-ethyl adjacent to an activating group) is 2. The number of benzene rings is 3. The molecule has 0 aliphatic carbocycles. The molecule has 6 bridgehead atoms. The summed E-state index contributed by atoms with van der Waals surface area (Å²) in [5.74, 6) is -2.57. The lowest BCUT2D eigenvalue weighted by molar-refractivity contribution is -0.155. The second-order valence-electron chi connectivity index (χ2n) is 20.3. The van der Waals surface area contributed by atoms with E-state index in [2.05, 4.69) is 76.7 Å². The number of amides is 4. The van der Waals surface area contributed by atoms with Crippen molar-refractivity contribution < 1.29 is 38.6 Å². The number of nitrogens with zero attached hydrogens (tertiary/aromatic N) is 5. The summed E-state index contributed by atoms with van der Waals surface area (Å²) in [5, 5.41) is 19.5. The molecule has 0 saturated carbocycles. The number of ether oxygens (including phenoxy) is 2. The number of anilines is 1. The summed E-state index contributed by atoms with van der Waals surface area (Å²) in [6, 6.07) is 19.9. The van der Waals surface area contributed by atoms with Gasteiger partial charge in [-0.25, -0.2) is 10.4 Å². The van der Waals surface area contributed by atoms with Crippen LogP contribution in [0.1, 0.15) is 74.5 Å². The van der Waals surface area contributed by atoms with Crippen molar-refractivity contribution in [2.24, 2.45) is 11.3 Å². The Hall–Kier alpha value is -6.88. The quantitative estimate of drug-likeness (QED) is 0.0679. The van der Waals surface area contributed by atoms with Crippen LogP contribution in [0.25, 0.3) is 33.3 Å². The van der Waals surface area contributed by atoms with Gasteiger partial charge >= 0.3 is 5.97 Å². The third-order valence-electron chi connectivity index (χ3n) is 13.3. The van der Waals surface area contributed by atoms with E-state index in [1.54, 1.807) is 25.3 Å². The zero-order valence-corrected chi connectivity index (χ0v) is 43.1. The molecule has 0 spiro atoms. The van der Waals surface area contributed by atoms with Crippen molar-refractivity contribution in [1.82, 2.24) is 35.1 Å². The summed E-state index contributed by atoms with van der Waals surface area (Å²) in [5.41, 5.74) is 10.4. The highest BCUT2D eigenvalue weighted by molar-refractivity contribution is 6.00. The molecular weight excluding hydrogens is 913 g/mol. The van der Waals surface area contributed by atoms with Gasteiger partial charge in [0.05, 0.1) is 24.5 Å². The average Bonchev–Trinajstić information content (AvgIpc) is 3.65. The molecular formula is C56H70N8O8. The minimum absolute atomic E-state index is 0.0148. The van der Waals surface area contributed by atoms with Crippen LogP contribution in [0, 0.1) is 11.3 Å². The first-order chi connectivity index (χ1) is 34.4. The number of hydrogen-bond donors (Lipinski definition) is 4. The van der Waals surface area contributed by atoms with Crippen LogP contribution in [-0.2, 0) is 54.5 Å². The van der Waals surface area contributed by atoms with Gasteiger partial charge in [-0.15, -0.1) is 0 Å².